The van der Waals surface area contributed by atoms with Crippen molar-refractivity contribution in [1.82, 2.24) is 9.80 Å². The highest BCUT2D eigenvalue weighted by Crippen LogP contribution is 2.21. The maximum Gasteiger partial charge on any atom is 0.219 e. The van der Waals surface area contributed by atoms with Crippen LogP contribution in [0.4, 0.5) is 0 Å². The predicted octanol–water partition coefficient (Wildman–Crippen LogP) is 1.72. The first kappa shape index (κ1) is 13.6. The van der Waals surface area contributed by atoms with Crippen molar-refractivity contribution in [2.45, 2.75) is 19.9 Å². The molecule has 100 valence electrons. The molecule has 1 saturated heterocycles. The van der Waals surface area contributed by atoms with Gasteiger partial charge >= 0.3 is 0 Å². The molecule has 19 heavy (non-hydrogen) atoms. The largest absolute Gasteiger partial charge is 0.340 e. The van der Waals surface area contributed by atoms with Gasteiger partial charge in [0, 0.05) is 33.1 Å². The lowest BCUT2D eigenvalue weighted by Gasteiger charge is -2.36. The Kier molecular flexibility index (Phi) is 4.18. The lowest BCUT2D eigenvalue weighted by molar-refractivity contribution is -0.130. The molecule has 2 rings (SSSR count). The molecule has 4 nitrogen and oxygen atoms in total. The zero-order valence-corrected chi connectivity index (χ0v) is 11.5. The van der Waals surface area contributed by atoms with Crippen LogP contribution in [0.25, 0.3) is 0 Å². The number of aryl methyl sites for hydroxylation is 1. The molecule has 0 bridgehead atoms. The minimum Gasteiger partial charge on any atom is -0.340 e. The van der Waals surface area contributed by atoms with E-state index in [0.29, 0.717) is 13.1 Å². The number of benzene rings is 1. The van der Waals surface area contributed by atoms with Crippen LogP contribution in [0.1, 0.15) is 24.1 Å². The van der Waals surface area contributed by atoms with Gasteiger partial charge in [0.25, 0.3) is 0 Å². The van der Waals surface area contributed by atoms with Gasteiger partial charge in [0.15, 0.2) is 0 Å². The van der Waals surface area contributed by atoms with E-state index in [9.17, 15) is 10.1 Å². The maximum atomic E-state index is 11.3. The lowest BCUT2D eigenvalue weighted by Crippen LogP contribution is -2.48. The molecule has 1 fully saturated rings. The van der Waals surface area contributed by atoms with E-state index in [1.54, 1.807) is 6.92 Å². The Morgan fingerprint density at radius 3 is 2.26 bits per heavy atom. The average Bonchev–Trinajstić information content (AvgIpc) is 2.42. The first-order valence-electron chi connectivity index (χ1n) is 6.57. The molecule has 0 radical (unpaired) electrons. The maximum absolute atomic E-state index is 11.3. The smallest absolute Gasteiger partial charge is 0.219 e. The molecule has 0 aromatic heterocycles. The Balaban J connectivity index is 2.06. The number of piperazine rings is 1. The molecule has 1 aliphatic rings. The molecular formula is C15H19N3O. The minimum absolute atomic E-state index is 0.114. The fourth-order valence-corrected chi connectivity index (χ4v) is 2.41. The molecule has 0 spiro atoms. The number of carbonyl (C=O) groups is 1. The van der Waals surface area contributed by atoms with Crippen molar-refractivity contribution in [3.8, 4) is 6.07 Å². The van der Waals surface area contributed by atoms with Crippen LogP contribution in [0.2, 0.25) is 0 Å². The van der Waals surface area contributed by atoms with Crippen molar-refractivity contribution in [3.05, 3.63) is 35.4 Å². The van der Waals surface area contributed by atoms with Crippen LogP contribution in [-0.4, -0.2) is 41.9 Å². The third-order valence-electron chi connectivity index (χ3n) is 3.64. The highest BCUT2D eigenvalue weighted by molar-refractivity contribution is 5.73. The fourth-order valence-electron chi connectivity index (χ4n) is 2.41. The molecule has 0 saturated carbocycles. The second-order valence-corrected chi connectivity index (χ2v) is 4.98. The Labute approximate surface area is 114 Å². The van der Waals surface area contributed by atoms with Gasteiger partial charge in [0.2, 0.25) is 5.91 Å². The minimum atomic E-state index is -0.213. The van der Waals surface area contributed by atoms with E-state index in [4.69, 9.17) is 0 Å². The summed E-state index contributed by atoms with van der Waals surface area (Å²) in [4.78, 5) is 15.3. The van der Waals surface area contributed by atoms with Crippen molar-refractivity contribution in [2.24, 2.45) is 0 Å². The number of carbonyl (C=O) groups excluding carboxylic acids is 1. The molecule has 1 atom stereocenters. The van der Waals surface area contributed by atoms with Crippen LogP contribution in [0.5, 0.6) is 0 Å². The van der Waals surface area contributed by atoms with Crippen LogP contribution in [0.3, 0.4) is 0 Å². The third kappa shape index (κ3) is 3.12. The van der Waals surface area contributed by atoms with E-state index in [-0.39, 0.29) is 11.9 Å². The zero-order valence-electron chi connectivity index (χ0n) is 11.5. The summed E-state index contributed by atoms with van der Waals surface area (Å²) in [6.45, 7) is 6.56. The van der Waals surface area contributed by atoms with E-state index < -0.39 is 0 Å². The monoisotopic (exact) mass is 257 g/mol. The summed E-state index contributed by atoms with van der Waals surface area (Å²) >= 11 is 0. The van der Waals surface area contributed by atoms with Gasteiger partial charge in [-0.1, -0.05) is 29.8 Å². The normalized spacial score (nSPS) is 17.8. The van der Waals surface area contributed by atoms with Gasteiger partial charge in [-0.3, -0.25) is 9.69 Å². The number of rotatable bonds is 2. The van der Waals surface area contributed by atoms with E-state index in [1.165, 1.54) is 5.56 Å². The van der Waals surface area contributed by atoms with Gasteiger partial charge in [-0.15, -0.1) is 0 Å². The number of hydrogen-bond donors (Lipinski definition) is 0. The van der Waals surface area contributed by atoms with Gasteiger partial charge in [-0.05, 0) is 12.5 Å². The van der Waals surface area contributed by atoms with Crippen molar-refractivity contribution in [2.75, 3.05) is 26.2 Å². The van der Waals surface area contributed by atoms with E-state index in [1.807, 2.05) is 36.1 Å². The summed E-state index contributed by atoms with van der Waals surface area (Å²) < 4.78 is 0. The summed E-state index contributed by atoms with van der Waals surface area (Å²) in [5, 5.41) is 9.40. The summed E-state index contributed by atoms with van der Waals surface area (Å²) in [7, 11) is 0. The molecule has 1 amide bonds. The molecule has 1 aromatic carbocycles. The quantitative estimate of drug-likeness (QED) is 0.810. The van der Waals surface area contributed by atoms with Crippen molar-refractivity contribution >= 4 is 5.91 Å². The Bertz CT molecular complexity index is 481. The summed E-state index contributed by atoms with van der Waals surface area (Å²) in [5.74, 6) is 0.114. The summed E-state index contributed by atoms with van der Waals surface area (Å²) in [6.07, 6.45) is 0. The first-order chi connectivity index (χ1) is 9.11. The SMILES string of the molecule is CC(=O)N1CCN(C(C#N)c2ccc(C)cc2)CC1. The molecule has 1 aromatic rings. The van der Waals surface area contributed by atoms with E-state index >= 15 is 0 Å². The van der Waals surface area contributed by atoms with Crippen molar-refractivity contribution in [3.63, 3.8) is 0 Å². The average molecular weight is 257 g/mol. The third-order valence-corrected chi connectivity index (χ3v) is 3.64. The fraction of sp³-hybridized carbons (Fsp3) is 0.467. The van der Waals surface area contributed by atoms with E-state index in [0.717, 1.165) is 18.7 Å². The second-order valence-electron chi connectivity index (χ2n) is 4.98. The van der Waals surface area contributed by atoms with Crippen LogP contribution >= 0.6 is 0 Å². The Morgan fingerprint density at radius 2 is 1.79 bits per heavy atom. The molecule has 4 heteroatoms. The first-order valence-corrected chi connectivity index (χ1v) is 6.57. The highest BCUT2D eigenvalue weighted by Gasteiger charge is 2.25. The highest BCUT2D eigenvalue weighted by atomic mass is 16.2. The number of nitrogens with zero attached hydrogens (tertiary/aromatic N) is 3. The van der Waals surface area contributed by atoms with Crippen LogP contribution in [0, 0.1) is 18.3 Å². The van der Waals surface area contributed by atoms with Crippen LogP contribution in [0.15, 0.2) is 24.3 Å². The van der Waals surface area contributed by atoms with Gasteiger partial charge in [0.1, 0.15) is 6.04 Å². The van der Waals surface area contributed by atoms with Crippen LogP contribution in [-0.2, 0) is 4.79 Å². The van der Waals surface area contributed by atoms with Gasteiger partial charge in [-0.2, -0.15) is 5.26 Å². The lowest BCUT2D eigenvalue weighted by atomic mass is 10.0. The van der Waals surface area contributed by atoms with E-state index in [2.05, 4.69) is 11.0 Å². The van der Waals surface area contributed by atoms with Gasteiger partial charge in [0.05, 0.1) is 6.07 Å². The Hall–Kier alpha value is -1.86. The number of amides is 1. The molecular weight excluding hydrogens is 238 g/mol. The van der Waals surface area contributed by atoms with Gasteiger partial charge in [-0.25, -0.2) is 0 Å². The molecule has 1 unspecified atom stereocenters. The van der Waals surface area contributed by atoms with Crippen molar-refractivity contribution < 1.29 is 4.79 Å². The molecule has 0 aliphatic carbocycles. The summed E-state index contributed by atoms with van der Waals surface area (Å²) in [5.41, 5.74) is 2.23. The zero-order chi connectivity index (χ0) is 13.8. The predicted molar refractivity (Wildman–Crippen MR) is 73.4 cm³/mol. The molecule has 1 heterocycles. The Morgan fingerprint density at radius 1 is 1.21 bits per heavy atom. The summed E-state index contributed by atoms with van der Waals surface area (Å²) in [6, 6.07) is 10.3. The standard InChI is InChI=1S/C15H19N3O/c1-12-3-5-14(6-4-12)15(11-16)18-9-7-17(8-10-18)13(2)19/h3-6,15H,7-10H2,1-2H3. The second kappa shape index (κ2) is 5.85. The van der Waals surface area contributed by atoms with Gasteiger partial charge < -0.3 is 4.90 Å². The topological polar surface area (TPSA) is 47.3 Å². The molecule has 1 aliphatic heterocycles. The number of hydrogen-bond acceptors (Lipinski definition) is 3. The number of nitriles is 1. The van der Waals surface area contributed by atoms with Crippen LogP contribution < -0.4 is 0 Å². The van der Waals surface area contributed by atoms with Crippen molar-refractivity contribution in [1.29, 1.82) is 5.26 Å². The molecule has 0 N–H and O–H groups in total.